The third-order valence-corrected chi connectivity index (χ3v) is 9.38. The van der Waals surface area contributed by atoms with Crippen LogP contribution in [0.3, 0.4) is 0 Å². The number of sulfonamides is 1. The van der Waals surface area contributed by atoms with Crippen molar-refractivity contribution in [2.45, 2.75) is 51.0 Å². The molecule has 36 heavy (non-hydrogen) atoms. The molecule has 1 N–H and O–H groups in total. The first kappa shape index (κ1) is 28.0. The van der Waals surface area contributed by atoms with Crippen LogP contribution in [0.5, 0.6) is 5.75 Å². The number of rotatable bonds is 9. The van der Waals surface area contributed by atoms with Gasteiger partial charge in [0.1, 0.15) is 5.75 Å². The van der Waals surface area contributed by atoms with Gasteiger partial charge in [-0.05, 0) is 94.7 Å². The number of carbonyl (C=O) groups excluding carboxylic acids is 1. The number of anilines is 2. The Kier molecular flexibility index (Phi) is 9.03. The second kappa shape index (κ2) is 11.6. The van der Waals surface area contributed by atoms with E-state index in [0.29, 0.717) is 28.6 Å². The molecule has 0 spiro atoms. The minimum absolute atomic E-state index is 0.0583. The van der Waals surface area contributed by atoms with Gasteiger partial charge in [-0.25, -0.2) is 12.7 Å². The maximum Gasteiger partial charge on any atom is 0.243 e. The van der Waals surface area contributed by atoms with Crippen LogP contribution in [0.4, 0.5) is 11.4 Å². The predicted octanol–water partition coefficient (Wildman–Crippen LogP) is 3.80. The third kappa shape index (κ3) is 6.19. The van der Waals surface area contributed by atoms with Crippen LogP contribution in [0.2, 0.25) is 0 Å². The van der Waals surface area contributed by atoms with Crippen LogP contribution in [-0.4, -0.2) is 77.5 Å². The summed E-state index contributed by atoms with van der Waals surface area (Å²) in [7, 11) is 3.59. The highest BCUT2D eigenvalue weighted by molar-refractivity contribution is 7.89. The van der Waals surface area contributed by atoms with Crippen LogP contribution in [0, 0.1) is 20.8 Å². The highest BCUT2D eigenvalue weighted by Crippen LogP contribution is 2.32. The fourth-order valence-corrected chi connectivity index (χ4v) is 6.43. The molecule has 9 heteroatoms. The Hall–Kier alpha value is -2.62. The van der Waals surface area contributed by atoms with Gasteiger partial charge >= 0.3 is 0 Å². The Morgan fingerprint density at radius 2 is 1.67 bits per heavy atom. The monoisotopic (exact) mass is 516 g/mol. The molecule has 1 aliphatic rings. The van der Waals surface area contributed by atoms with Crippen molar-refractivity contribution in [1.82, 2.24) is 9.21 Å². The molecule has 1 heterocycles. The van der Waals surface area contributed by atoms with E-state index in [1.165, 1.54) is 11.4 Å². The topological polar surface area (TPSA) is 82.2 Å². The molecule has 8 nitrogen and oxygen atoms in total. The standard InChI is InChI=1S/C27H40N4O4S/c1-19-18-25(35-7)20(2)21(3)27(19)36(33,34)30(6)15-14-26(32)28-22-8-10-24(11-9-22)31-16-12-23(13-17-31)29(4)5/h8-11,18,23H,12-17H2,1-7H3,(H,28,32). The first-order valence-electron chi connectivity index (χ1n) is 12.4. The summed E-state index contributed by atoms with van der Waals surface area (Å²) < 4.78 is 33.2. The number of ether oxygens (including phenoxy) is 1. The van der Waals surface area contributed by atoms with Crippen molar-refractivity contribution >= 4 is 27.3 Å². The zero-order valence-electron chi connectivity index (χ0n) is 22.6. The van der Waals surface area contributed by atoms with E-state index in [2.05, 4.69) is 29.2 Å². The SMILES string of the molecule is COc1cc(C)c(S(=O)(=O)N(C)CCC(=O)Nc2ccc(N3CCC(N(C)C)CC3)cc2)c(C)c1C. The number of hydrogen-bond acceptors (Lipinski definition) is 6. The van der Waals surface area contributed by atoms with E-state index < -0.39 is 10.0 Å². The number of benzene rings is 2. The number of methoxy groups -OCH3 is 1. The van der Waals surface area contributed by atoms with E-state index in [1.807, 2.05) is 31.2 Å². The predicted molar refractivity (Wildman–Crippen MR) is 146 cm³/mol. The van der Waals surface area contributed by atoms with Gasteiger partial charge in [0.2, 0.25) is 15.9 Å². The van der Waals surface area contributed by atoms with Crippen LogP contribution >= 0.6 is 0 Å². The number of piperidine rings is 1. The molecule has 2 aromatic rings. The molecule has 0 saturated carbocycles. The number of carbonyl (C=O) groups is 1. The van der Waals surface area contributed by atoms with Gasteiger partial charge in [-0.1, -0.05) is 0 Å². The second-order valence-electron chi connectivity index (χ2n) is 9.83. The molecule has 1 fully saturated rings. The fraction of sp³-hybridized carbons (Fsp3) is 0.519. The lowest BCUT2D eigenvalue weighted by Gasteiger charge is -2.36. The van der Waals surface area contributed by atoms with E-state index in [4.69, 9.17) is 4.74 Å². The fourth-order valence-electron chi connectivity index (χ4n) is 4.78. The van der Waals surface area contributed by atoms with Gasteiger partial charge in [0.25, 0.3) is 0 Å². The quantitative estimate of drug-likeness (QED) is 0.546. The van der Waals surface area contributed by atoms with Gasteiger partial charge < -0.3 is 19.9 Å². The Balaban J connectivity index is 1.57. The zero-order valence-corrected chi connectivity index (χ0v) is 23.4. The lowest BCUT2D eigenvalue weighted by Crippen LogP contribution is -2.41. The van der Waals surface area contributed by atoms with Crippen LogP contribution in [0.25, 0.3) is 0 Å². The Morgan fingerprint density at radius 3 is 2.22 bits per heavy atom. The summed E-state index contributed by atoms with van der Waals surface area (Å²) in [6.07, 6.45) is 2.33. The van der Waals surface area contributed by atoms with Gasteiger partial charge in [0.15, 0.2) is 0 Å². The van der Waals surface area contributed by atoms with Crippen molar-refractivity contribution in [2.75, 3.05) is 58.1 Å². The largest absolute Gasteiger partial charge is 0.496 e. The van der Waals surface area contributed by atoms with Gasteiger partial charge in [-0.3, -0.25) is 4.79 Å². The van der Waals surface area contributed by atoms with Gasteiger partial charge in [0.05, 0.1) is 12.0 Å². The molecule has 2 aromatic carbocycles. The molecule has 198 valence electrons. The minimum Gasteiger partial charge on any atom is -0.496 e. The molecule has 0 aliphatic carbocycles. The molecule has 0 bridgehead atoms. The Morgan fingerprint density at radius 1 is 1.06 bits per heavy atom. The molecule has 0 atom stereocenters. The number of aryl methyl sites for hydroxylation is 1. The zero-order chi connectivity index (χ0) is 26.6. The van der Waals surface area contributed by atoms with Crippen LogP contribution in [-0.2, 0) is 14.8 Å². The summed E-state index contributed by atoms with van der Waals surface area (Å²) in [5.41, 5.74) is 3.93. The average Bonchev–Trinajstić information content (AvgIpc) is 2.85. The maximum absolute atomic E-state index is 13.3. The Labute approximate surface area is 216 Å². The summed E-state index contributed by atoms with van der Waals surface area (Å²) in [5.74, 6) is 0.436. The second-order valence-corrected chi connectivity index (χ2v) is 11.8. The van der Waals surface area contributed by atoms with Crippen LogP contribution in [0.15, 0.2) is 35.2 Å². The van der Waals surface area contributed by atoms with Crippen molar-refractivity contribution in [3.05, 3.63) is 47.0 Å². The van der Waals surface area contributed by atoms with Gasteiger partial charge in [-0.2, -0.15) is 0 Å². The van der Waals surface area contributed by atoms with E-state index in [1.54, 1.807) is 27.0 Å². The van der Waals surface area contributed by atoms with E-state index in [9.17, 15) is 13.2 Å². The number of amides is 1. The molecule has 0 aromatic heterocycles. The highest BCUT2D eigenvalue weighted by Gasteiger charge is 2.27. The first-order chi connectivity index (χ1) is 16.9. The maximum atomic E-state index is 13.3. The molecule has 1 saturated heterocycles. The molecular formula is C27H40N4O4S. The number of nitrogens with zero attached hydrogens (tertiary/aromatic N) is 3. The molecule has 1 aliphatic heterocycles. The molecular weight excluding hydrogens is 476 g/mol. The number of hydrogen-bond donors (Lipinski definition) is 1. The average molecular weight is 517 g/mol. The van der Waals surface area contributed by atoms with E-state index in [0.717, 1.165) is 37.2 Å². The van der Waals surface area contributed by atoms with E-state index >= 15 is 0 Å². The lowest BCUT2D eigenvalue weighted by molar-refractivity contribution is -0.116. The van der Waals surface area contributed by atoms with E-state index in [-0.39, 0.29) is 23.8 Å². The van der Waals surface area contributed by atoms with Crippen molar-refractivity contribution in [1.29, 1.82) is 0 Å². The van der Waals surface area contributed by atoms with Crippen molar-refractivity contribution in [2.24, 2.45) is 0 Å². The molecule has 0 radical (unpaired) electrons. The van der Waals surface area contributed by atoms with Crippen LogP contribution in [0.1, 0.15) is 36.0 Å². The summed E-state index contributed by atoms with van der Waals surface area (Å²) in [6.45, 7) is 7.50. The summed E-state index contributed by atoms with van der Waals surface area (Å²) in [5, 5.41) is 2.89. The minimum atomic E-state index is -3.75. The first-order valence-corrected chi connectivity index (χ1v) is 13.8. The van der Waals surface area contributed by atoms with Crippen molar-refractivity contribution < 1.29 is 17.9 Å². The van der Waals surface area contributed by atoms with Crippen molar-refractivity contribution in [3.63, 3.8) is 0 Å². The lowest BCUT2D eigenvalue weighted by atomic mass is 10.0. The summed E-state index contributed by atoms with van der Waals surface area (Å²) >= 11 is 0. The summed E-state index contributed by atoms with van der Waals surface area (Å²) in [4.78, 5) is 17.5. The normalized spacial score (nSPS) is 15.0. The summed E-state index contributed by atoms with van der Waals surface area (Å²) in [6, 6.07) is 10.2. The van der Waals surface area contributed by atoms with Crippen molar-refractivity contribution in [3.8, 4) is 5.75 Å². The number of nitrogens with one attached hydrogen (secondary N) is 1. The third-order valence-electron chi connectivity index (χ3n) is 7.23. The van der Waals surface area contributed by atoms with Gasteiger partial charge in [-0.15, -0.1) is 0 Å². The van der Waals surface area contributed by atoms with Crippen LogP contribution < -0.4 is 15.0 Å². The molecule has 1 amide bonds. The molecule has 3 rings (SSSR count). The van der Waals surface area contributed by atoms with Gasteiger partial charge in [0, 0.05) is 50.5 Å². The highest BCUT2D eigenvalue weighted by atomic mass is 32.2. The Bertz CT molecular complexity index is 1170. The smallest absolute Gasteiger partial charge is 0.243 e. The molecule has 0 unspecified atom stereocenters.